The monoisotopic (exact) mass is 272 g/mol. The molecule has 0 spiro atoms. The quantitative estimate of drug-likeness (QED) is 0.918. The first-order valence-electron chi connectivity index (χ1n) is 7.91. The number of carbonyl (C=O) groups excluding carboxylic acids is 1. The molecule has 1 saturated carbocycles. The number of benzene rings is 1. The van der Waals surface area contributed by atoms with Crippen LogP contribution in [0.1, 0.15) is 38.5 Å². The summed E-state index contributed by atoms with van der Waals surface area (Å²) in [7, 11) is 0. The molecule has 3 heteroatoms. The Bertz CT molecular complexity index is 438. The number of carbonyl (C=O) groups is 1. The van der Waals surface area contributed by atoms with E-state index in [1.54, 1.807) is 0 Å². The van der Waals surface area contributed by atoms with Gasteiger partial charge < -0.3 is 5.32 Å². The number of hydrogen-bond acceptors (Lipinski definition) is 3. The van der Waals surface area contributed by atoms with Crippen LogP contribution >= 0.6 is 0 Å². The second-order valence-corrected chi connectivity index (χ2v) is 6.05. The van der Waals surface area contributed by atoms with Gasteiger partial charge >= 0.3 is 0 Å². The zero-order chi connectivity index (χ0) is 13.8. The predicted octanol–water partition coefficient (Wildman–Crippen LogP) is 3.07. The molecule has 0 bridgehead atoms. The van der Waals surface area contributed by atoms with E-state index in [9.17, 15) is 4.79 Å². The first-order valence-corrected chi connectivity index (χ1v) is 7.91. The summed E-state index contributed by atoms with van der Waals surface area (Å²) in [4.78, 5) is 14.4. The SMILES string of the molecule is O=C1CCCC[C@H]1N1CCC(Nc2ccccc2)CC1. The van der Waals surface area contributed by atoms with Crippen LogP contribution in [0.5, 0.6) is 0 Å². The maximum atomic E-state index is 12.0. The van der Waals surface area contributed by atoms with Crippen LogP contribution in [0.25, 0.3) is 0 Å². The minimum atomic E-state index is 0.224. The smallest absolute Gasteiger partial charge is 0.149 e. The van der Waals surface area contributed by atoms with Crippen molar-refractivity contribution in [3.05, 3.63) is 30.3 Å². The van der Waals surface area contributed by atoms with Crippen molar-refractivity contribution in [3.8, 4) is 0 Å². The molecule has 0 radical (unpaired) electrons. The molecule has 3 rings (SSSR count). The summed E-state index contributed by atoms with van der Waals surface area (Å²) in [5.74, 6) is 0.478. The van der Waals surface area contributed by atoms with Crippen molar-refractivity contribution in [2.75, 3.05) is 18.4 Å². The summed E-state index contributed by atoms with van der Waals surface area (Å²) in [5, 5.41) is 3.60. The molecule has 2 aliphatic rings. The van der Waals surface area contributed by atoms with Gasteiger partial charge in [-0.2, -0.15) is 0 Å². The van der Waals surface area contributed by atoms with Crippen LogP contribution in [0.15, 0.2) is 30.3 Å². The van der Waals surface area contributed by atoms with Crippen LogP contribution in [-0.2, 0) is 4.79 Å². The average Bonchev–Trinajstić information content (AvgIpc) is 2.50. The van der Waals surface area contributed by atoms with Crippen molar-refractivity contribution in [2.45, 2.75) is 50.6 Å². The van der Waals surface area contributed by atoms with Crippen LogP contribution < -0.4 is 5.32 Å². The van der Waals surface area contributed by atoms with Gasteiger partial charge in [-0.25, -0.2) is 0 Å². The Labute approximate surface area is 121 Å². The van der Waals surface area contributed by atoms with Crippen molar-refractivity contribution < 1.29 is 4.79 Å². The molecule has 1 N–H and O–H groups in total. The van der Waals surface area contributed by atoms with E-state index in [-0.39, 0.29) is 6.04 Å². The van der Waals surface area contributed by atoms with Crippen LogP contribution in [0.2, 0.25) is 0 Å². The maximum Gasteiger partial charge on any atom is 0.149 e. The van der Waals surface area contributed by atoms with Crippen molar-refractivity contribution in [1.82, 2.24) is 4.90 Å². The van der Waals surface area contributed by atoms with E-state index in [4.69, 9.17) is 0 Å². The Morgan fingerprint density at radius 1 is 1.00 bits per heavy atom. The zero-order valence-electron chi connectivity index (χ0n) is 12.1. The summed E-state index contributed by atoms with van der Waals surface area (Å²) in [6.45, 7) is 2.11. The van der Waals surface area contributed by atoms with Crippen molar-refractivity contribution in [1.29, 1.82) is 0 Å². The normalized spacial score (nSPS) is 25.6. The van der Waals surface area contributed by atoms with E-state index in [0.29, 0.717) is 11.8 Å². The van der Waals surface area contributed by atoms with Gasteiger partial charge in [0, 0.05) is 31.2 Å². The Morgan fingerprint density at radius 3 is 2.45 bits per heavy atom. The lowest BCUT2D eigenvalue weighted by atomic mass is 9.91. The number of piperidine rings is 1. The molecule has 0 unspecified atom stereocenters. The highest BCUT2D eigenvalue weighted by atomic mass is 16.1. The van der Waals surface area contributed by atoms with Gasteiger partial charge in [0.25, 0.3) is 0 Å². The van der Waals surface area contributed by atoms with Crippen LogP contribution in [0.3, 0.4) is 0 Å². The van der Waals surface area contributed by atoms with Gasteiger partial charge in [0.05, 0.1) is 6.04 Å². The van der Waals surface area contributed by atoms with Crippen molar-refractivity contribution >= 4 is 11.5 Å². The highest BCUT2D eigenvalue weighted by molar-refractivity contribution is 5.84. The topological polar surface area (TPSA) is 32.3 Å². The fraction of sp³-hybridized carbons (Fsp3) is 0.588. The largest absolute Gasteiger partial charge is 0.382 e. The van der Waals surface area contributed by atoms with E-state index >= 15 is 0 Å². The molecule has 0 aromatic heterocycles. The third-order valence-corrected chi connectivity index (χ3v) is 4.64. The number of Topliss-reactive ketones (excluding diaryl/α,β-unsaturated/α-hetero) is 1. The van der Waals surface area contributed by atoms with E-state index in [1.807, 2.05) is 6.07 Å². The second-order valence-electron chi connectivity index (χ2n) is 6.05. The highest BCUT2D eigenvalue weighted by Gasteiger charge is 2.30. The average molecular weight is 272 g/mol. The Balaban J connectivity index is 1.50. The molecule has 20 heavy (non-hydrogen) atoms. The van der Waals surface area contributed by atoms with Gasteiger partial charge in [0.2, 0.25) is 0 Å². The Morgan fingerprint density at radius 2 is 1.75 bits per heavy atom. The molecular weight excluding hydrogens is 248 g/mol. The molecule has 1 aromatic carbocycles. The van der Waals surface area contributed by atoms with Gasteiger partial charge in [-0.05, 0) is 37.8 Å². The highest BCUT2D eigenvalue weighted by Crippen LogP contribution is 2.24. The number of hydrogen-bond donors (Lipinski definition) is 1. The summed E-state index contributed by atoms with van der Waals surface area (Å²) in [5.41, 5.74) is 1.21. The van der Waals surface area contributed by atoms with Gasteiger partial charge in [0.1, 0.15) is 5.78 Å². The molecule has 1 aliphatic carbocycles. The van der Waals surface area contributed by atoms with E-state index in [0.717, 1.165) is 45.2 Å². The number of nitrogens with zero attached hydrogens (tertiary/aromatic N) is 1. The first kappa shape index (κ1) is 13.6. The van der Waals surface area contributed by atoms with Crippen LogP contribution in [0, 0.1) is 0 Å². The molecular formula is C17H24N2O. The third kappa shape index (κ3) is 3.21. The zero-order valence-corrected chi connectivity index (χ0v) is 12.1. The van der Waals surface area contributed by atoms with E-state index < -0.39 is 0 Å². The maximum absolute atomic E-state index is 12.0. The first-order chi connectivity index (χ1) is 9.83. The Kier molecular flexibility index (Phi) is 4.36. The summed E-state index contributed by atoms with van der Waals surface area (Å²) in [6.07, 6.45) is 6.47. The van der Waals surface area contributed by atoms with E-state index in [2.05, 4.69) is 34.5 Å². The molecule has 1 atom stereocenters. The fourth-order valence-electron chi connectivity index (χ4n) is 3.48. The second kappa shape index (κ2) is 6.40. The molecule has 2 fully saturated rings. The molecule has 108 valence electrons. The lowest BCUT2D eigenvalue weighted by Crippen LogP contribution is -2.48. The lowest BCUT2D eigenvalue weighted by molar-refractivity contribution is -0.126. The standard InChI is InChI=1S/C17H24N2O/c20-17-9-5-4-8-16(17)19-12-10-15(11-13-19)18-14-6-2-1-3-7-14/h1-3,6-7,15-16,18H,4-5,8-13H2/t16-/m1/s1. The molecule has 3 nitrogen and oxygen atoms in total. The molecule has 1 aromatic rings. The molecule has 0 amide bonds. The fourth-order valence-corrected chi connectivity index (χ4v) is 3.48. The van der Waals surface area contributed by atoms with Gasteiger partial charge in [-0.15, -0.1) is 0 Å². The number of para-hydroxylation sites is 1. The Hall–Kier alpha value is -1.35. The van der Waals surface area contributed by atoms with Gasteiger partial charge in [-0.3, -0.25) is 9.69 Å². The summed E-state index contributed by atoms with van der Waals surface area (Å²) < 4.78 is 0. The summed E-state index contributed by atoms with van der Waals surface area (Å²) >= 11 is 0. The van der Waals surface area contributed by atoms with Crippen molar-refractivity contribution in [3.63, 3.8) is 0 Å². The van der Waals surface area contributed by atoms with Crippen LogP contribution in [0.4, 0.5) is 5.69 Å². The lowest BCUT2D eigenvalue weighted by Gasteiger charge is -2.38. The van der Waals surface area contributed by atoms with Gasteiger partial charge in [0.15, 0.2) is 0 Å². The minimum absolute atomic E-state index is 0.224. The van der Waals surface area contributed by atoms with Crippen molar-refractivity contribution in [2.24, 2.45) is 0 Å². The predicted molar refractivity (Wildman–Crippen MR) is 81.9 cm³/mol. The van der Waals surface area contributed by atoms with Crippen LogP contribution in [-0.4, -0.2) is 35.9 Å². The molecule has 1 heterocycles. The number of likely N-dealkylation sites (tertiary alicyclic amines) is 1. The molecule has 1 saturated heterocycles. The van der Waals surface area contributed by atoms with Gasteiger partial charge in [-0.1, -0.05) is 24.6 Å². The number of anilines is 1. The molecule has 1 aliphatic heterocycles. The number of rotatable bonds is 3. The third-order valence-electron chi connectivity index (χ3n) is 4.64. The number of ketones is 1. The minimum Gasteiger partial charge on any atom is -0.382 e. The summed E-state index contributed by atoms with van der Waals surface area (Å²) in [6, 6.07) is 11.2. The number of nitrogens with one attached hydrogen (secondary N) is 1. The van der Waals surface area contributed by atoms with E-state index in [1.165, 1.54) is 12.1 Å².